The van der Waals surface area contributed by atoms with E-state index in [-0.39, 0.29) is 12.5 Å². The molecule has 1 N–H and O–H groups in total. The van der Waals surface area contributed by atoms with Gasteiger partial charge in [0.25, 0.3) is 5.91 Å². The van der Waals surface area contributed by atoms with Crippen molar-refractivity contribution in [2.75, 3.05) is 14.2 Å². The highest BCUT2D eigenvalue weighted by Crippen LogP contribution is 2.35. The van der Waals surface area contributed by atoms with E-state index in [9.17, 15) is 9.59 Å². The fourth-order valence-electron chi connectivity index (χ4n) is 3.33. The molecule has 2 aromatic carbocycles. The number of halogens is 1. The minimum Gasteiger partial charge on any atom is -0.497 e. The van der Waals surface area contributed by atoms with Gasteiger partial charge in [-0.2, -0.15) is 0 Å². The minimum atomic E-state index is -1.10. The third kappa shape index (κ3) is 3.32. The molecule has 1 aliphatic rings. The van der Waals surface area contributed by atoms with Crippen LogP contribution < -0.4 is 14.8 Å². The van der Waals surface area contributed by atoms with Gasteiger partial charge >= 0.3 is 6.03 Å². The van der Waals surface area contributed by atoms with E-state index in [1.54, 1.807) is 49.6 Å². The summed E-state index contributed by atoms with van der Waals surface area (Å²) in [6.07, 6.45) is 0.424. The van der Waals surface area contributed by atoms with Crippen molar-refractivity contribution in [3.05, 3.63) is 58.6 Å². The van der Waals surface area contributed by atoms with Crippen LogP contribution in [-0.2, 0) is 16.9 Å². The second-order valence-electron chi connectivity index (χ2n) is 6.27. The van der Waals surface area contributed by atoms with E-state index < -0.39 is 11.6 Å². The maximum atomic E-state index is 13.3. The first-order valence-electron chi connectivity index (χ1n) is 8.56. The van der Waals surface area contributed by atoms with Crippen LogP contribution in [-0.4, -0.2) is 31.1 Å². The smallest absolute Gasteiger partial charge is 0.325 e. The van der Waals surface area contributed by atoms with Crippen LogP contribution in [0.4, 0.5) is 4.79 Å². The van der Waals surface area contributed by atoms with E-state index in [0.717, 1.165) is 0 Å². The molecule has 2 aromatic rings. The number of benzene rings is 2. The SMILES string of the molecule is CC[C@]1(c2ccc(OC)cc2)NC(=O)N(Cc2cc(Cl)ccc2OC)C1=O. The molecular weight excluding hydrogens is 368 g/mol. The number of hydrogen-bond donors (Lipinski definition) is 1. The van der Waals surface area contributed by atoms with Crippen molar-refractivity contribution >= 4 is 23.5 Å². The summed E-state index contributed by atoms with van der Waals surface area (Å²) in [4.78, 5) is 27.1. The molecule has 3 rings (SSSR count). The normalized spacial score (nSPS) is 19.2. The quantitative estimate of drug-likeness (QED) is 0.766. The monoisotopic (exact) mass is 388 g/mol. The summed E-state index contributed by atoms with van der Waals surface area (Å²) < 4.78 is 10.5. The lowest BCUT2D eigenvalue weighted by atomic mass is 9.87. The molecule has 0 aromatic heterocycles. The van der Waals surface area contributed by atoms with Crippen LogP contribution in [0.25, 0.3) is 0 Å². The molecule has 1 fully saturated rings. The number of imide groups is 1. The molecule has 1 saturated heterocycles. The van der Waals surface area contributed by atoms with Gasteiger partial charge in [-0.25, -0.2) is 4.79 Å². The number of ether oxygens (including phenoxy) is 2. The topological polar surface area (TPSA) is 67.9 Å². The van der Waals surface area contributed by atoms with Crippen molar-refractivity contribution in [3.8, 4) is 11.5 Å². The first kappa shape index (κ1) is 19.0. The number of carbonyl (C=O) groups excluding carboxylic acids is 2. The van der Waals surface area contributed by atoms with Crippen molar-refractivity contribution < 1.29 is 19.1 Å². The summed E-state index contributed by atoms with van der Waals surface area (Å²) in [6.45, 7) is 1.94. The van der Waals surface area contributed by atoms with Gasteiger partial charge in [0.15, 0.2) is 0 Å². The third-order valence-corrected chi connectivity index (χ3v) is 5.09. The lowest BCUT2D eigenvalue weighted by Crippen LogP contribution is -2.43. The Kier molecular flexibility index (Phi) is 5.28. The maximum absolute atomic E-state index is 13.3. The Morgan fingerprint density at radius 1 is 1.07 bits per heavy atom. The van der Waals surface area contributed by atoms with Crippen LogP contribution in [0.2, 0.25) is 5.02 Å². The Balaban J connectivity index is 1.94. The molecule has 0 aliphatic carbocycles. The van der Waals surface area contributed by atoms with Gasteiger partial charge in [0.05, 0.1) is 20.8 Å². The van der Waals surface area contributed by atoms with Crippen LogP contribution in [0.15, 0.2) is 42.5 Å². The molecule has 3 amide bonds. The Morgan fingerprint density at radius 3 is 2.37 bits per heavy atom. The van der Waals surface area contributed by atoms with Crippen molar-refractivity contribution in [2.45, 2.75) is 25.4 Å². The number of amides is 3. The maximum Gasteiger partial charge on any atom is 0.325 e. The lowest BCUT2D eigenvalue weighted by Gasteiger charge is -2.26. The summed E-state index contributed by atoms with van der Waals surface area (Å²) in [7, 11) is 3.11. The summed E-state index contributed by atoms with van der Waals surface area (Å²) in [5, 5.41) is 3.37. The van der Waals surface area contributed by atoms with E-state index in [0.29, 0.717) is 34.1 Å². The number of nitrogens with one attached hydrogen (secondary N) is 1. The number of methoxy groups -OCH3 is 2. The zero-order valence-electron chi connectivity index (χ0n) is 15.4. The molecule has 27 heavy (non-hydrogen) atoms. The molecule has 0 saturated carbocycles. The van der Waals surface area contributed by atoms with E-state index in [1.165, 1.54) is 12.0 Å². The zero-order valence-corrected chi connectivity index (χ0v) is 16.2. The van der Waals surface area contributed by atoms with Crippen molar-refractivity contribution in [3.63, 3.8) is 0 Å². The molecule has 0 spiro atoms. The Morgan fingerprint density at radius 2 is 1.78 bits per heavy atom. The second-order valence-corrected chi connectivity index (χ2v) is 6.70. The van der Waals surface area contributed by atoms with Gasteiger partial charge < -0.3 is 14.8 Å². The number of carbonyl (C=O) groups is 2. The molecule has 0 bridgehead atoms. The fourth-order valence-corrected chi connectivity index (χ4v) is 3.52. The second kappa shape index (κ2) is 7.48. The average Bonchev–Trinajstić information content (AvgIpc) is 2.93. The third-order valence-electron chi connectivity index (χ3n) is 4.86. The first-order valence-corrected chi connectivity index (χ1v) is 8.94. The number of rotatable bonds is 6. The molecule has 1 aliphatic heterocycles. The molecule has 1 heterocycles. The summed E-state index contributed by atoms with van der Waals surface area (Å²) >= 11 is 6.07. The van der Waals surface area contributed by atoms with Gasteiger partial charge in [-0.05, 0) is 42.3 Å². The molecular formula is C20H21ClN2O4. The predicted octanol–water partition coefficient (Wildman–Crippen LogP) is 3.71. The highest BCUT2D eigenvalue weighted by atomic mass is 35.5. The van der Waals surface area contributed by atoms with Crippen LogP contribution in [0.5, 0.6) is 11.5 Å². The zero-order chi connectivity index (χ0) is 19.6. The Bertz CT molecular complexity index is 869. The Labute approximate surface area is 163 Å². The van der Waals surface area contributed by atoms with Gasteiger partial charge in [-0.3, -0.25) is 9.69 Å². The van der Waals surface area contributed by atoms with Crippen LogP contribution >= 0.6 is 11.6 Å². The van der Waals surface area contributed by atoms with Crippen molar-refractivity contribution in [1.29, 1.82) is 0 Å². The first-order chi connectivity index (χ1) is 12.9. The minimum absolute atomic E-state index is 0.0757. The van der Waals surface area contributed by atoms with E-state index in [4.69, 9.17) is 21.1 Å². The van der Waals surface area contributed by atoms with Crippen molar-refractivity contribution in [1.82, 2.24) is 10.2 Å². The number of nitrogens with zero attached hydrogens (tertiary/aromatic N) is 1. The molecule has 142 valence electrons. The fraction of sp³-hybridized carbons (Fsp3) is 0.300. The summed E-state index contributed by atoms with van der Waals surface area (Å²) in [5.41, 5.74) is 0.273. The molecule has 0 unspecified atom stereocenters. The molecule has 6 nitrogen and oxygen atoms in total. The number of hydrogen-bond acceptors (Lipinski definition) is 4. The van der Waals surface area contributed by atoms with Gasteiger partial charge in [0.1, 0.15) is 17.0 Å². The van der Waals surface area contributed by atoms with Crippen molar-refractivity contribution in [2.24, 2.45) is 0 Å². The number of urea groups is 1. The van der Waals surface area contributed by atoms with Gasteiger partial charge in [-0.15, -0.1) is 0 Å². The van der Waals surface area contributed by atoms with Gasteiger partial charge in [0, 0.05) is 10.6 Å². The standard InChI is InChI=1S/C20H21ClN2O4/c1-4-20(14-5-8-16(26-2)9-6-14)18(24)23(19(25)22-20)12-13-11-15(21)7-10-17(13)27-3/h5-11H,4,12H2,1-3H3,(H,22,25)/t20-/m1/s1. The molecule has 0 radical (unpaired) electrons. The van der Waals surface area contributed by atoms with E-state index in [1.807, 2.05) is 6.92 Å². The predicted molar refractivity (Wildman–Crippen MR) is 102 cm³/mol. The van der Waals surface area contributed by atoms with Gasteiger partial charge in [0.2, 0.25) is 0 Å². The Hall–Kier alpha value is -2.73. The van der Waals surface area contributed by atoms with Crippen LogP contribution in [0, 0.1) is 0 Å². The molecule has 7 heteroatoms. The van der Waals surface area contributed by atoms with Crippen LogP contribution in [0.1, 0.15) is 24.5 Å². The largest absolute Gasteiger partial charge is 0.497 e. The van der Waals surface area contributed by atoms with Gasteiger partial charge in [-0.1, -0.05) is 30.7 Å². The summed E-state index contributed by atoms with van der Waals surface area (Å²) in [5.74, 6) is 0.947. The lowest BCUT2D eigenvalue weighted by molar-refractivity contribution is -0.132. The van der Waals surface area contributed by atoms with E-state index in [2.05, 4.69) is 5.32 Å². The van der Waals surface area contributed by atoms with Crippen LogP contribution in [0.3, 0.4) is 0 Å². The molecule has 1 atom stereocenters. The highest BCUT2D eigenvalue weighted by Gasteiger charge is 2.51. The summed E-state index contributed by atoms with van der Waals surface area (Å²) in [6, 6.07) is 11.8. The average molecular weight is 389 g/mol. The van der Waals surface area contributed by atoms with E-state index >= 15 is 0 Å². The highest BCUT2D eigenvalue weighted by molar-refractivity contribution is 6.30.